The maximum absolute atomic E-state index is 10.6. The van der Waals surface area contributed by atoms with Crippen LogP contribution in [0.15, 0.2) is 48.5 Å². The minimum absolute atomic E-state index is 0.0273. The summed E-state index contributed by atoms with van der Waals surface area (Å²) in [6.07, 6.45) is 0.523. The molecule has 0 fully saturated rings. The fraction of sp³-hybridized carbons (Fsp3) is 0.188. The van der Waals surface area contributed by atoms with Crippen LogP contribution in [0, 0.1) is 0 Å². The van der Waals surface area contributed by atoms with E-state index in [2.05, 4.69) is 0 Å². The molecular weight excluding hydrogens is 295 g/mol. The summed E-state index contributed by atoms with van der Waals surface area (Å²) >= 11 is 11.8. The van der Waals surface area contributed by atoms with Gasteiger partial charge in [0.1, 0.15) is 0 Å². The molecule has 0 aliphatic rings. The molecule has 0 saturated heterocycles. The molecule has 0 spiro atoms. The van der Waals surface area contributed by atoms with E-state index in [0.29, 0.717) is 11.4 Å². The number of halogens is 2. The molecule has 0 saturated carbocycles. The third-order valence-electron chi connectivity index (χ3n) is 2.98. The highest BCUT2D eigenvalue weighted by atomic mass is 35.5. The Balaban J connectivity index is 2.06. The largest absolute Gasteiger partial charge is 0.481 e. The van der Waals surface area contributed by atoms with Crippen molar-refractivity contribution in [2.24, 2.45) is 0 Å². The molecule has 2 aromatic rings. The van der Waals surface area contributed by atoms with Crippen LogP contribution >= 0.6 is 23.2 Å². The summed E-state index contributed by atoms with van der Waals surface area (Å²) in [6.45, 7) is 0. The third kappa shape index (κ3) is 4.26. The van der Waals surface area contributed by atoms with Gasteiger partial charge in [-0.25, -0.2) is 0 Å². The number of rotatable bonds is 5. The molecule has 0 aromatic heterocycles. The van der Waals surface area contributed by atoms with E-state index in [1.165, 1.54) is 0 Å². The second-order valence-corrected chi connectivity index (χ2v) is 5.66. The van der Waals surface area contributed by atoms with Crippen LogP contribution in [0.3, 0.4) is 0 Å². The molecule has 2 rings (SSSR count). The summed E-state index contributed by atoms with van der Waals surface area (Å²) < 4.78 is 0. The van der Waals surface area contributed by atoms with Crippen molar-refractivity contribution in [3.8, 4) is 11.1 Å². The van der Waals surface area contributed by atoms with E-state index in [0.717, 1.165) is 16.7 Å². The second-order valence-electron chi connectivity index (χ2n) is 4.60. The molecule has 2 aromatic carbocycles. The molecule has 20 heavy (non-hydrogen) atoms. The number of hydrogen-bond acceptors (Lipinski definition) is 1. The van der Waals surface area contributed by atoms with Crippen molar-refractivity contribution in [2.75, 3.05) is 0 Å². The van der Waals surface area contributed by atoms with Gasteiger partial charge in [-0.3, -0.25) is 4.79 Å². The summed E-state index contributed by atoms with van der Waals surface area (Å²) in [4.78, 5) is 10.6. The van der Waals surface area contributed by atoms with Crippen LogP contribution in [0.2, 0.25) is 5.02 Å². The van der Waals surface area contributed by atoms with E-state index in [1.807, 2.05) is 48.5 Å². The van der Waals surface area contributed by atoms with Crippen LogP contribution in [-0.4, -0.2) is 16.5 Å². The van der Waals surface area contributed by atoms with Crippen LogP contribution in [0.5, 0.6) is 0 Å². The normalized spacial score (nSPS) is 12.1. The molecule has 104 valence electrons. The zero-order valence-electron chi connectivity index (χ0n) is 10.7. The first-order valence-corrected chi connectivity index (χ1v) is 7.07. The Hall–Kier alpha value is -1.51. The summed E-state index contributed by atoms with van der Waals surface area (Å²) in [5.41, 5.74) is 3.22. The predicted octanol–water partition coefficient (Wildman–Crippen LogP) is 4.63. The number of hydrogen-bond donors (Lipinski definition) is 1. The maximum Gasteiger partial charge on any atom is 0.304 e. The molecule has 0 aliphatic heterocycles. The number of alkyl halides is 1. The third-order valence-corrected chi connectivity index (χ3v) is 3.55. The van der Waals surface area contributed by atoms with Crippen molar-refractivity contribution in [3.05, 3.63) is 59.1 Å². The van der Waals surface area contributed by atoms with Crippen LogP contribution in [0.25, 0.3) is 11.1 Å². The first-order valence-electron chi connectivity index (χ1n) is 6.25. The Morgan fingerprint density at radius 1 is 1.00 bits per heavy atom. The van der Waals surface area contributed by atoms with Gasteiger partial charge >= 0.3 is 5.97 Å². The lowest BCUT2D eigenvalue weighted by Gasteiger charge is -2.08. The van der Waals surface area contributed by atoms with Gasteiger partial charge in [0.15, 0.2) is 0 Å². The first-order chi connectivity index (χ1) is 9.54. The minimum atomic E-state index is -0.872. The Labute approximate surface area is 128 Å². The van der Waals surface area contributed by atoms with Gasteiger partial charge in [-0.15, -0.1) is 11.6 Å². The molecule has 0 radical (unpaired) electrons. The van der Waals surface area contributed by atoms with Crippen LogP contribution in [0.4, 0.5) is 0 Å². The van der Waals surface area contributed by atoms with E-state index >= 15 is 0 Å². The zero-order valence-corrected chi connectivity index (χ0v) is 12.2. The number of carboxylic acids is 1. The fourth-order valence-electron chi connectivity index (χ4n) is 1.99. The minimum Gasteiger partial charge on any atom is -0.481 e. The Morgan fingerprint density at radius 2 is 1.50 bits per heavy atom. The van der Waals surface area contributed by atoms with Gasteiger partial charge < -0.3 is 5.11 Å². The number of benzene rings is 2. The van der Waals surface area contributed by atoms with Crippen LogP contribution in [0.1, 0.15) is 12.0 Å². The highest BCUT2D eigenvalue weighted by molar-refractivity contribution is 6.30. The maximum atomic E-state index is 10.6. The zero-order chi connectivity index (χ0) is 14.5. The van der Waals surface area contributed by atoms with Gasteiger partial charge in [0, 0.05) is 10.4 Å². The van der Waals surface area contributed by atoms with Gasteiger partial charge in [-0.2, -0.15) is 0 Å². The topological polar surface area (TPSA) is 37.3 Å². The van der Waals surface area contributed by atoms with Gasteiger partial charge in [0.25, 0.3) is 0 Å². The molecule has 0 heterocycles. The Morgan fingerprint density at radius 3 is 2.00 bits per heavy atom. The van der Waals surface area contributed by atoms with Crippen LogP contribution < -0.4 is 0 Å². The van der Waals surface area contributed by atoms with Crippen molar-refractivity contribution in [3.63, 3.8) is 0 Å². The summed E-state index contributed by atoms with van der Waals surface area (Å²) in [5.74, 6) is -0.872. The monoisotopic (exact) mass is 308 g/mol. The van der Waals surface area contributed by atoms with Crippen molar-refractivity contribution in [2.45, 2.75) is 18.2 Å². The van der Waals surface area contributed by atoms with E-state index < -0.39 is 5.97 Å². The summed E-state index contributed by atoms with van der Waals surface area (Å²) in [5, 5.41) is 9.01. The molecule has 0 aliphatic carbocycles. The van der Waals surface area contributed by atoms with E-state index in [1.54, 1.807) is 0 Å². The van der Waals surface area contributed by atoms with Gasteiger partial charge in [-0.1, -0.05) is 48.0 Å². The second kappa shape index (κ2) is 6.78. The molecular formula is C16H14Cl2O2. The number of carboxylic acid groups (broad SMARTS) is 1. The SMILES string of the molecule is O=C(O)CC(Cl)Cc1ccc(-c2ccc(Cl)cc2)cc1. The molecule has 1 N–H and O–H groups in total. The lowest BCUT2D eigenvalue weighted by atomic mass is 10.0. The molecule has 1 unspecified atom stereocenters. The molecule has 4 heteroatoms. The van der Waals surface area contributed by atoms with Crippen molar-refractivity contribution in [1.29, 1.82) is 0 Å². The highest BCUT2D eigenvalue weighted by Gasteiger charge is 2.10. The van der Waals surface area contributed by atoms with E-state index in [9.17, 15) is 4.79 Å². The Bertz CT molecular complexity index is 576. The quantitative estimate of drug-likeness (QED) is 0.818. The molecule has 0 bridgehead atoms. The van der Waals surface area contributed by atoms with E-state index in [-0.39, 0.29) is 11.8 Å². The highest BCUT2D eigenvalue weighted by Crippen LogP contribution is 2.22. The van der Waals surface area contributed by atoms with Gasteiger partial charge in [0.2, 0.25) is 0 Å². The van der Waals surface area contributed by atoms with Crippen LogP contribution in [-0.2, 0) is 11.2 Å². The lowest BCUT2D eigenvalue weighted by molar-refractivity contribution is -0.137. The standard InChI is InChI=1S/C16H14Cl2O2/c17-14-7-5-13(6-8-14)12-3-1-11(2-4-12)9-15(18)10-16(19)20/h1-8,15H,9-10H2,(H,19,20). The fourth-order valence-corrected chi connectivity index (χ4v) is 2.43. The number of carbonyl (C=O) groups is 1. The van der Waals surface area contributed by atoms with E-state index in [4.69, 9.17) is 28.3 Å². The average molecular weight is 309 g/mol. The van der Waals surface area contributed by atoms with Gasteiger partial charge in [-0.05, 0) is 35.2 Å². The first kappa shape index (κ1) is 14.9. The van der Waals surface area contributed by atoms with Crippen molar-refractivity contribution < 1.29 is 9.90 Å². The number of aliphatic carboxylic acids is 1. The molecule has 2 nitrogen and oxygen atoms in total. The van der Waals surface area contributed by atoms with Crippen molar-refractivity contribution in [1.82, 2.24) is 0 Å². The summed E-state index contributed by atoms with van der Waals surface area (Å²) in [7, 11) is 0. The molecule has 1 atom stereocenters. The molecule has 0 amide bonds. The Kier molecular flexibility index (Phi) is 5.05. The average Bonchev–Trinajstić information content (AvgIpc) is 2.39. The smallest absolute Gasteiger partial charge is 0.304 e. The van der Waals surface area contributed by atoms with Crippen molar-refractivity contribution >= 4 is 29.2 Å². The predicted molar refractivity (Wildman–Crippen MR) is 82.5 cm³/mol. The van der Waals surface area contributed by atoms with Gasteiger partial charge in [0.05, 0.1) is 6.42 Å². The summed E-state index contributed by atoms with van der Waals surface area (Å²) in [6, 6.07) is 15.6. The lowest BCUT2D eigenvalue weighted by Crippen LogP contribution is -2.09.